The summed E-state index contributed by atoms with van der Waals surface area (Å²) >= 11 is 0. The summed E-state index contributed by atoms with van der Waals surface area (Å²) in [6.45, 7) is 0. The first-order valence-corrected chi connectivity index (χ1v) is 4.16. The molecule has 0 unspecified atom stereocenters. The van der Waals surface area contributed by atoms with Crippen LogP contribution in [0.25, 0.3) is 0 Å². The van der Waals surface area contributed by atoms with Gasteiger partial charge in [-0.1, -0.05) is 6.07 Å². The van der Waals surface area contributed by atoms with E-state index < -0.39 is 12.2 Å². The lowest BCUT2D eigenvalue weighted by Crippen LogP contribution is -2.28. The van der Waals surface area contributed by atoms with Gasteiger partial charge in [-0.25, -0.2) is 0 Å². The molecule has 0 aliphatic rings. The number of alkyl halides is 3. The number of hydrogen-bond donors (Lipinski definition) is 1. The van der Waals surface area contributed by atoms with E-state index in [1.165, 1.54) is 0 Å². The quantitative estimate of drug-likeness (QED) is 0.794. The number of nitrogens with zero attached hydrogens (tertiary/aromatic N) is 2. The molecule has 0 heterocycles. The third-order valence-electron chi connectivity index (χ3n) is 2.00. The van der Waals surface area contributed by atoms with Crippen LogP contribution in [-0.2, 0) is 0 Å². The van der Waals surface area contributed by atoms with Crippen LogP contribution in [0.1, 0.15) is 22.7 Å². The molecule has 16 heavy (non-hydrogen) atoms. The Morgan fingerprint density at radius 2 is 1.69 bits per heavy atom. The molecule has 0 aromatic heterocycles. The van der Waals surface area contributed by atoms with Gasteiger partial charge in [-0.3, -0.25) is 0 Å². The van der Waals surface area contributed by atoms with Gasteiger partial charge in [0.05, 0.1) is 11.1 Å². The van der Waals surface area contributed by atoms with Crippen LogP contribution in [0.4, 0.5) is 13.2 Å². The maximum atomic E-state index is 12.3. The molecule has 1 atom stereocenters. The van der Waals surface area contributed by atoms with E-state index in [0.717, 1.165) is 18.2 Å². The number of rotatable bonds is 1. The minimum absolute atomic E-state index is 0.0284. The fourth-order valence-electron chi connectivity index (χ4n) is 1.13. The van der Waals surface area contributed by atoms with E-state index >= 15 is 0 Å². The molecule has 1 aromatic carbocycles. The van der Waals surface area contributed by atoms with Crippen LogP contribution < -0.4 is 5.73 Å². The summed E-state index contributed by atoms with van der Waals surface area (Å²) in [4.78, 5) is 0. The molecular formula is C10H6F3N3. The molecule has 0 fully saturated rings. The van der Waals surface area contributed by atoms with Crippen molar-refractivity contribution in [2.45, 2.75) is 12.2 Å². The Bertz CT molecular complexity index is 480. The van der Waals surface area contributed by atoms with Gasteiger partial charge in [0.1, 0.15) is 18.2 Å². The van der Waals surface area contributed by atoms with Crippen molar-refractivity contribution in [3.63, 3.8) is 0 Å². The van der Waals surface area contributed by atoms with Crippen molar-refractivity contribution in [1.29, 1.82) is 10.5 Å². The zero-order valence-corrected chi connectivity index (χ0v) is 7.92. The fraction of sp³-hybridized carbons (Fsp3) is 0.200. The summed E-state index contributed by atoms with van der Waals surface area (Å²) in [6.07, 6.45) is -4.57. The Morgan fingerprint density at radius 3 is 2.12 bits per heavy atom. The summed E-state index contributed by atoms with van der Waals surface area (Å²) in [5.41, 5.74) is 4.65. The van der Waals surface area contributed by atoms with E-state index in [1.54, 1.807) is 12.1 Å². The second-order valence-electron chi connectivity index (χ2n) is 3.05. The van der Waals surface area contributed by atoms with E-state index in [2.05, 4.69) is 0 Å². The third-order valence-corrected chi connectivity index (χ3v) is 2.00. The van der Waals surface area contributed by atoms with E-state index in [9.17, 15) is 13.2 Å². The van der Waals surface area contributed by atoms with Crippen molar-refractivity contribution in [2.75, 3.05) is 0 Å². The molecule has 1 aromatic rings. The maximum absolute atomic E-state index is 12.3. The summed E-state index contributed by atoms with van der Waals surface area (Å²) < 4.78 is 36.8. The van der Waals surface area contributed by atoms with Crippen molar-refractivity contribution in [3.05, 3.63) is 34.9 Å². The fourth-order valence-corrected chi connectivity index (χ4v) is 1.13. The maximum Gasteiger partial charge on any atom is 0.407 e. The topological polar surface area (TPSA) is 73.6 Å². The van der Waals surface area contributed by atoms with Crippen molar-refractivity contribution < 1.29 is 13.2 Å². The normalized spacial score (nSPS) is 12.6. The van der Waals surface area contributed by atoms with Crippen molar-refractivity contribution in [3.8, 4) is 12.1 Å². The lowest BCUT2D eigenvalue weighted by molar-refractivity contribution is -0.149. The highest BCUT2D eigenvalue weighted by molar-refractivity contribution is 5.48. The van der Waals surface area contributed by atoms with Crippen LogP contribution in [0.5, 0.6) is 0 Å². The highest BCUT2D eigenvalue weighted by atomic mass is 19.4. The average Bonchev–Trinajstić information content (AvgIpc) is 2.25. The van der Waals surface area contributed by atoms with Crippen molar-refractivity contribution in [2.24, 2.45) is 5.73 Å². The molecule has 6 heteroatoms. The van der Waals surface area contributed by atoms with E-state index in [4.69, 9.17) is 16.3 Å². The van der Waals surface area contributed by atoms with Gasteiger partial charge in [0, 0.05) is 0 Å². The van der Waals surface area contributed by atoms with Crippen LogP contribution in [0.15, 0.2) is 18.2 Å². The Labute approximate surface area is 89.5 Å². The first-order valence-electron chi connectivity index (χ1n) is 4.16. The molecular weight excluding hydrogens is 219 g/mol. The van der Waals surface area contributed by atoms with Gasteiger partial charge >= 0.3 is 6.18 Å². The Kier molecular flexibility index (Phi) is 3.17. The van der Waals surface area contributed by atoms with E-state index in [0.29, 0.717) is 0 Å². The first kappa shape index (κ1) is 12.0. The molecule has 0 amide bonds. The predicted molar refractivity (Wildman–Crippen MR) is 48.9 cm³/mol. The monoisotopic (exact) mass is 225 g/mol. The summed E-state index contributed by atoms with van der Waals surface area (Å²) in [5.74, 6) is 0. The third kappa shape index (κ3) is 2.30. The van der Waals surface area contributed by atoms with Gasteiger partial charge in [0.2, 0.25) is 0 Å². The molecule has 0 aliphatic carbocycles. The zero-order chi connectivity index (χ0) is 12.3. The molecule has 0 spiro atoms. The Balaban J connectivity index is 3.21. The first-order chi connectivity index (χ1) is 7.40. The second kappa shape index (κ2) is 4.21. The number of nitriles is 2. The predicted octanol–water partition coefficient (Wildman–Crippen LogP) is 1.99. The lowest BCUT2D eigenvalue weighted by Gasteiger charge is -2.16. The standard InChI is InChI=1S/C10H6F3N3/c11-10(12,13)9(16)6-1-2-7(4-14)8(3-6)5-15/h1-3,9H,16H2/t9-/m0/s1. The Hall–Kier alpha value is -2.05. The van der Waals surface area contributed by atoms with Gasteiger partial charge in [-0.05, 0) is 17.7 Å². The van der Waals surface area contributed by atoms with Gasteiger partial charge in [-0.2, -0.15) is 23.7 Å². The van der Waals surface area contributed by atoms with Crippen molar-refractivity contribution >= 4 is 0 Å². The molecule has 0 aliphatic heterocycles. The molecule has 0 saturated carbocycles. The van der Waals surface area contributed by atoms with Gasteiger partial charge < -0.3 is 5.73 Å². The van der Waals surface area contributed by atoms with Crippen molar-refractivity contribution in [1.82, 2.24) is 0 Å². The largest absolute Gasteiger partial charge is 0.407 e. The summed E-state index contributed by atoms with van der Waals surface area (Å²) in [7, 11) is 0. The molecule has 0 saturated heterocycles. The zero-order valence-electron chi connectivity index (χ0n) is 7.92. The molecule has 0 bridgehead atoms. The average molecular weight is 225 g/mol. The van der Waals surface area contributed by atoms with Crippen LogP contribution in [0.3, 0.4) is 0 Å². The van der Waals surface area contributed by atoms with Crippen LogP contribution in [0, 0.1) is 22.7 Å². The minimum Gasteiger partial charge on any atom is -0.316 e. The van der Waals surface area contributed by atoms with E-state index in [1.807, 2.05) is 0 Å². The summed E-state index contributed by atoms with van der Waals surface area (Å²) in [6, 6.07) is 4.44. The highest BCUT2D eigenvalue weighted by Gasteiger charge is 2.37. The highest BCUT2D eigenvalue weighted by Crippen LogP contribution is 2.31. The molecule has 82 valence electrons. The second-order valence-corrected chi connectivity index (χ2v) is 3.05. The van der Waals surface area contributed by atoms with Crippen LogP contribution in [0.2, 0.25) is 0 Å². The summed E-state index contributed by atoms with van der Waals surface area (Å²) in [5, 5.41) is 17.2. The number of halogens is 3. The van der Waals surface area contributed by atoms with Crippen LogP contribution >= 0.6 is 0 Å². The van der Waals surface area contributed by atoms with E-state index in [-0.39, 0.29) is 16.7 Å². The van der Waals surface area contributed by atoms with Gasteiger partial charge in [0.15, 0.2) is 0 Å². The van der Waals surface area contributed by atoms with Gasteiger partial charge in [-0.15, -0.1) is 0 Å². The molecule has 2 N–H and O–H groups in total. The molecule has 0 radical (unpaired) electrons. The number of benzene rings is 1. The molecule has 1 rings (SSSR count). The Morgan fingerprint density at radius 1 is 1.12 bits per heavy atom. The van der Waals surface area contributed by atoms with Gasteiger partial charge in [0.25, 0.3) is 0 Å². The SMILES string of the molecule is N#Cc1ccc([C@H](N)C(F)(F)F)cc1C#N. The smallest absolute Gasteiger partial charge is 0.316 e. The lowest BCUT2D eigenvalue weighted by atomic mass is 10.0. The van der Waals surface area contributed by atoms with Crippen LogP contribution in [-0.4, -0.2) is 6.18 Å². The molecule has 3 nitrogen and oxygen atoms in total. The number of hydrogen-bond acceptors (Lipinski definition) is 3. The minimum atomic E-state index is -4.57. The number of nitrogens with two attached hydrogens (primary N) is 1.